The topological polar surface area (TPSA) is 114 Å². The summed E-state index contributed by atoms with van der Waals surface area (Å²) in [5.74, 6) is 1.79. The molecule has 4 heterocycles. The van der Waals surface area contributed by atoms with Gasteiger partial charge in [-0.15, -0.1) is 0 Å². The van der Waals surface area contributed by atoms with Crippen LogP contribution in [0.1, 0.15) is 17.3 Å². The van der Waals surface area contributed by atoms with E-state index in [1.54, 1.807) is 6.92 Å². The average Bonchev–Trinajstić information content (AvgIpc) is 3.50. The van der Waals surface area contributed by atoms with Crippen LogP contribution in [0, 0.1) is 13.8 Å². The summed E-state index contributed by atoms with van der Waals surface area (Å²) in [6, 6.07) is 8.16. The first-order valence-corrected chi connectivity index (χ1v) is 10.2. The Balaban J connectivity index is 1.36. The highest BCUT2D eigenvalue weighted by Gasteiger charge is 2.17. The summed E-state index contributed by atoms with van der Waals surface area (Å²) < 4.78 is 16.4. The Kier molecular flexibility index (Phi) is 5.05. The number of ether oxygens (including phenoxy) is 2. The predicted octanol–water partition coefficient (Wildman–Crippen LogP) is 3.20. The SMILES string of the molecule is C=C(NCC1COCCO1)c1nc(-c2ccc3[nH]c(-c4nc(C)no4)cc3c2)c(C)[nH]1. The molecule has 0 amide bonds. The van der Waals surface area contributed by atoms with Crippen LogP contribution in [-0.2, 0) is 9.47 Å². The van der Waals surface area contributed by atoms with Crippen LogP contribution in [0.4, 0.5) is 0 Å². The largest absolute Gasteiger partial charge is 0.380 e. The predicted molar refractivity (Wildman–Crippen MR) is 116 cm³/mol. The van der Waals surface area contributed by atoms with E-state index in [2.05, 4.69) is 38.1 Å². The molecule has 1 aliphatic rings. The Labute approximate surface area is 178 Å². The third-order valence-corrected chi connectivity index (χ3v) is 5.25. The lowest BCUT2D eigenvalue weighted by atomic mass is 10.1. The third-order valence-electron chi connectivity index (χ3n) is 5.25. The van der Waals surface area contributed by atoms with Gasteiger partial charge in [0.2, 0.25) is 0 Å². The van der Waals surface area contributed by atoms with Crippen LogP contribution in [0.3, 0.4) is 0 Å². The van der Waals surface area contributed by atoms with Crippen LogP contribution in [0.25, 0.3) is 39.4 Å². The van der Waals surface area contributed by atoms with Gasteiger partial charge in [-0.1, -0.05) is 17.8 Å². The molecule has 0 bridgehead atoms. The maximum atomic E-state index is 5.66. The van der Waals surface area contributed by atoms with Gasteiger partial charge in [0.1, 0.15) is 5.69 Å². The van der Waals surface area contributed by atoms with Gasteiger partial charge in [0, 0.05) is 28.7 Å². The van der Waals surface area contributed by atoms with E-state index in [-0.39, 0.29) is 6.10 Å². The number of hydrogen-bond acceptors (Lipinski definition) is 7. The highest BCUT2D eigenvalue weighted by Crippen LogP contribution is 2.29. The van der Waals surface area contributed by atoms with E-state index in [0.717, 1.165) is 39.2 Å². The number of rotatable bonds is 6. The molecule has 3 N–H and O–H groups in total. The molecular weight excluding hydrogens is 396 g/mol. The first-order chi connectivity index (χ1) is 15.1. The Hall–Kier alpha value is -3.43. The summed E-state index contributed by atoms with van der Waals surface area (Å²) in [4.78, 5) is 15.7. The molecule has 1 unspecified atom stereocenters. The number of H-pyrrole nitrogens is 2. The van der Waals surface area contributed by atoms with E-state index in [4.69, 9.17) is 19.0 Å². The normalized spacial score (nSPS) is 16.6. The van der Waals surface area contributed by atoms with Gasteiger partial charge in [-0.25, -0.2) is 4.98 Å². The van der Waals surface area contributed by atoms with E-state index in [1.165, 1.54) is 0 Å². The van der Waals surface area contributed by atoms with E-state index in [9.17, 15) is 0 Å². The monoisotopic (exact) mass is 420 g/mol. The van der Waals surface area contributed by atoms with Crippen molar-refractivity contribution in [1.29, 1.82) is 0 Å². The zero-order chi connectivity index (χ0) is 21.4. The molecule has 1 aliphatic heterocycles. The van der Waals surface area contributed by atoms with Crippen molar-refractivity contribution < 1.29 is 14.0 Å². The highest BCUT2D eigenvalue weighted by atomic mass is 16.6. The molecule has 0 aliphatic carbocycles. The zero-order valence-corrected chi connectivity index (χ0v) is 17.5. The number of aromatic amines is 2. The standard InChI is InChI=1S/C22H24N6O3/c1-12-20(27-21(24-12)13(2)23-10-17-11-29-6-7-30-17)15-4-5-18-16(8-15)9-19(26-18)22-25-14(3)28-31-22/h4-5,8-9,17,23,26H,2,6-7,10-11H2,1,3H3,(H,24,27). The van der Waals surface area contributed by atoms with E-state index in [0.29, 0.717) is 43.9 Å². The second kappa shape index (κ2) is 8.01. The number of imidazole rings is 1. The smallest absolute Gasteiger partial charge is 0.274 e. The Morgan fingerprint density at radius 1 is 1.19 bits per heavy atom. The van der Waals surface area contributed by atoms with E-state index in [1.807, 2.05) is 25.1 Å². The van der Waals surface area contributed by atoms with Gasteiger partial charge in [-0.2, -0.15) is 4.98 Å². The molecule has 3 aromatic heterocycles. The van der Waals surface area contributed by atoms with Crippen molar-refractivity contribution in [2.45, 2.75) is 20.0 Å². The Morgan fingerprint density at radius 3 is 2.87 bits per heavy atom. The van der Waals surface area contributed by atoms with Crippen molar-refractivity contribution in [3.63, 3.8) is 0 Å². The average molecular weight is 420 g/mol. The van der Waals surface area contributed by atoms with Gasteiger partial charge in [-0.05, 0) is 32.0 Å². The molecule has 4 aromatic rings. The van der Waals surface area contributed by atoms with Crippen molar-refractivity contribution >= 4 is 16.6 Å². The second-order valence-corrected chi connectivity index (χ2v) is 7.62. The molecule has 9 heteroatoms. The number of aromatic nitrogens is 5. The summed E-state index contributed by atoms with van der Waals surface area (Å²) in [7, 11) is 0. The Bertz CT molecular complexity index is 1230. The molecular formula is C22H24N6O3. The van der Waals surface area contributed by atoms with Crippen LogP contribution >= 0.6 is 0 Å². The van der Waals surface area contributed by atoms with Crippen molar-refractivity contribution in [3.05, 3.63) is 48.2 Å². The molecule has 1 aromatic carbocycles. The molecule has 1 saturated heterocycles. The molecule has 1 atom stereocenters. The summed E-state index contributed by atoms with van der Waals surface area (Å²) in [5.41, 5.74) is 5.37. The number of aryl methyl sites for hydroxylation is 2. The summed E-state index contributed by atoms with van der Waals surface area (Å²) in [6.07, 6.45) is 0.0221. The van der Waals surface area contributed by atoms with Crippen molar-refractivity contribution in [1.82, 2.24) is 30.4 Å². The van der Waals surface area contributed by atoms with Gasteiger partial charge < -0.3 is 29.3 Å². The zero-order valence-electron chi connectivity index (χ0n) is 17.5. The third kappa shape index (κ3) is 3.97. The minimum absolute atomic E-state index is 0.0221. The summed E-state index contributed by atoms with van der Waals surface area (Å²) >= 11 is 0. The fourth-order valence-corrected chi connectivity index (χ4v) is 3.66. The van der Waals surface area contributed by atoms with Gasteiger partial charge in [0.25, 0.3) is 5.89 Å². The molecule has 1 fully saturated rings. The van der Waals surface area contributed by atoms with Crippen molar-refractivity contribution in [3.8, 4) is 22.8 Å². The van der Waals surface area contributed by atoms with Gasteiger partial charge in [0.05, 0.1) is 37.3 Å². The first kappa shape index (κ1) is 19.5. The molecule has 0 saturated carbocycles. The molecule has 0 radical (unpaired) electrons. The summed E-state index contributed by atoms with van der Waals surface area (Å²) in [5, 5.41) is 8.19. The highest BCUT2D eigenvalue weighted by molar-refractivity contribution is 5.88. The first-order valence-electron chi connectivity index (χ1n) is 10.2. The number of nitrogens with one attached hydrogen (secondary N) is 3. The fourth-order valence-electron chi connectivity index (χ4n) is 3.66. The quantitative estimate of drug-likeness (QED) is 0.439. The van der Waals surface area contributed by atoms with Crippen LogP contribution in [0.5, 0.6) is 0 Å². The van der Waals surface area contributed by atoms with E-state index >= 15 is 0 Å². The maximum absolute atomic E-state index is 5.66. The molecule has 9 nitrogen and oxygen atoms in total. The molecule has 160 valence electrons. The van der Waals surface area contributed by atoms with Crippen LogP contribution in [0.2, 0.25) is 0 Å². The number of benzene rings is 1. The summed E-state index contributed by atoms with van der Waals surface area (Å²) in [6.45, 7) is 10.4. The molecule has 0 spiro atoms. The van der Waals surface area contributed by atoms with E-state index < -0.39 is 0 Å². The van der Waals surface area contributed by atoms with Crippen molar-refractivity contribution in [2.24, 2.45) is 0 Å². The lowest BCUT2D eigenvalue weighted by molar-refractivity contribution is -0.0851. The molecule has 31 heavy (non-hydrogen) atoms. The number of hydrogen-bond donors (Lipinski definition) is 3. The lowest BCUT2D eigenvalue weighted by Crippen LogP contribution is -2.36. The minimum atomic E-state index is 0.0221. The Morgan fingerprint density at radius 2 is 2.10 bits per heavy atom. The van der Waals surface area contributed by atoms with Crippen LogP contribution < -0.4 is 5.32 Å². The fraction of sp³-hybridized carbons (Fsp3) is 0.318. The van der Waals surface area contributed by atoms with Crippen molar-refractivity contribution in [2.75, 3.05) is 26.4 Å². The van der Waals surface area contributed by atoms with Crippen LogP contribution in [0.15, 0.2) is 35.4 Å². The lowest BCUT2D eigenvalue weighted by Gasteiger charge is -2.23. The van der Waals surface area contributed by atoms with Crippen LogP contribution in [-0.4, -0.2) is 57.6 Å². The van der Waals surface area contributed by atoms with Gasteiger partial charge >= 0.3 is 0 Å². The van der Waals surface area contributed by atoms with Gasteiger partial charge in [-0.3, -0.25) is 0 Å². The minimum Gasteiger partial charge on any atom is -0.380 e. The molecule has 5 rings (SSSR count). The van der Waals surface area contributed by atoms with Gasteiger partial charge in [0.15, 0.2) is 11.6 Å². The number of nitrogens with zero attached hydrogens (tertiary/aromatic N) is 3. The number of fused-ring (bicyclic) bond motifs is 1. The second-order valence-electron chi connectivity index (χ2n) is 7.62. The maximum Gasteiger partial charge on any atom is 0.274 e.